The van der Waals surface area contributed by atoms with Gasteiger partial charge in [0.25, 0.3) is 0 Å². The van der Waals surface area contributed by atoms with Crippen LogP contribution >= 0.6 is 0 Å². The predicted molar refractivity (Wildman–Crippen MR) is 121 cm³/mol. The molecule has 5 nitrogen and oxygen atoms in total. The molecule has 0 bridgehead atoms. The highest BCUT2D eigenvalue weighted by Crippen LogP contribution is 2.30. The smallest absolute Gasteiger partial charge is 0.248 e. The Kier molecular flexibility index (Phi) is 5.05. The molecule has 0 saturated heterocycles. The normalized spacial score (nSPS) is 14.3. The summed E-state index contributed by atoms with van der Waals surface area (Å²) in [6.07, 6.45) is 3.28. The number of hydrogen-bond acceptors (Lipinski definition) is 3. The summed E-state index contributed by atoms with van der Waals surface area (Å²) in [4.78, 5) is 16.8. The van der Waals surface area contributed by atoms with Crippen molar-refractivity contribution in [1.29, 1.82) is 0 Å². The number of H-pyrrole nitrogens is 1. The fourth-order valence-electron chi connectivity index (χ4n) is 4.63. The van der Waals surface area contributed by atoms with E-state index in [-0.39, 0.29) is 5.56 Å². The van der Waals surface area contributed by atoms with Crippen LogP contribution in [0.15, 0.2) is 59.4 Å². The highest BCUT2D eigenvalue weighted by atomic mass is 16.5. The summed E-state index contributed by atoms with van der Waals surface area (Å²) in [7, 11) is 2.19. The number of para-hydroxylation sites is 1. The number of ether oxygens (including phenoxy) is 1. The number of nitrogens with zero attached hydrogens (tertiary/aromatic N) is 2. The van der Waals surface area contributed by atoms with Crippen molar-refractivity contribution in [2.24, 2.45) is 7.05 Å². The zero-order valence-corrected chi connectivity index (χ0v) is 17.4. The molecule has 30 heavy (non-hydrogen) atoms. The molecule has 0 unspecified atom stereocenters. The van der Waals surface area contributed by atoms with E-state index in [1.165, 1.54) is 22.2 Å². The Hall–Kier alpha value is -3.05. The number of pyridine rings is 1. The molecule has 4 aromatic rings. The van der Waals surface area contributed by atoms with Gasteiger partial charge in [-0.05, 0) is 55.3 Å². The molecule has 1 N–H and O–H groups in total. The Balaban J connectivity index is 1.13. The second-order valence-electron chi connectivity index (χ2n) is 8.15. The predicted octanol–water partition coefficient (Wildman–Crippen LogP) is 4.24. The average molecular weight is 402 g/mol. The van der Waals surface area contributed by atoms with Gasteiger partial charge >= 0.3 is 0 Å². The van der Waals surface area contributed by atoms with Crippen LogP contribution in [0.3, 0.4) is 0 Å². The molecule has 1 aliphatic heterocycles. The van der Waals surface area contributed by atoms with E-state index in [2.05, 4.69) is 45.8 Å². The lowest BCUT2D eigenvalue weighted by atomic mass is 10.0. The lowest BCUT2D eigenvalue weighted by Gasteiger charge is -2.27. The molecular weight excluding hydrogens is 374 g/mol. The number of fused-ring (bicyclic) bond motifs is 4. The minimum Gasteiger partial charge on any atom is -0.494 e. The van der Waals surface area contributed by atoms with Crippen LogP contribution in [0, 0.1) is 0 Å². The van der Waals surface area contributed by atoms with E-state index >= 15 is 0 Å². The van der Waals surface area contributed by atoms with Crippen LogP contribution < -0.4 is 10.3 Å². The first kappa shape index (κ1) is 18.9. The summed E-state index contributed by atoms with van der Waals surface area (Å²) in [5, 5.41) is 2.40. The summed E-state index contributed by atoms with van der Waals surface area (Å²) < 4.78 is 8.31. The highest BCUT2D eigenvalue weighted by Gasteiger charge is 2.22. The molecule has 0 saturated carbocycles. The van der Waals surface area contributed by atoms with Crippen molar-refractivity contribution in [2.75, 3.05) is 19.7 Å². The molecular formula is C25H27N3O2. The third-order valence-corrected chi connectivity index (χ3v) is 6.22. The van der Waals surface area contributed by atoms with E-state index in [1.807, 2.05) is 24.3 Å². The third-order valence-electron chi connectivity index (χ3n) is 6.22. The minimum absolute atomic E-state index is 0.0792. The fourth-order valence-corrected chi connectivity index (χ4v) is 4.63. The number of rotatable bonds is 6. The summed E-state index contributed by atoms with van der Waals surface area (Å²) in [6, 6.07) is 17.9. The van der Waals surface area contributed by atoms with Crippen molar-refractivity contribution in [3.63, 3.8) is 0 Å². The van der Waals surface area contributed by atoms with Gasteiger partial charge in [-0.15, -0.1) is 0 Å². The van der Waals surface area contributed by atoms with Gasteiger partial charge < -0.3 is 14.3 Å². The van der Waals surface area contributed by atoms with Gasteiger partial charge in [-0.3, -0.25) is 9.69 Å². The van der Waals surface area contributed by atoms with Gasteiger partial charge in [0.15, 0.2) is 0 Å². The van der Waals surface area contributed by atoms with Gasteiger partial charge in [0.05, 0.1) is 6.61 Å². The number of aromatic amines is 1. The first-order valence-electron chi connectivity index (χ1n) is 10.7. The van der Waals surface area contributed by atoms with Crippen LogP contribution in [-0.4, -0.2) is 34.1 Å². The van der Waals surface area contributed by atoms with Crippen molar-refractivity contribution >= 4 is 21.8 Å². The third kappa shape index (κ3) is 3.61. The Morgan fingerprint density at radius 2 is 1.97 bits per heavy atom. The van der Waals surface area contributed by atoms with E-state index in [0.717, 1.165) is 55.5 Å². The lowest BCUT2D eigenvalue weighted by molar-refractivity contribution is 0.234. The highest BCUT2D eigenvalue weighted by molar-refractivity contribution is 5.85. The van der Waals surface area contributed by atoms with Crippen molar-refractivity contribution in [1.82, 2.24) is 14.5 Å². The average Bonchev–Trinajstić information content (AvgIpc) is 3.05. The molecule has 154 valence electrons. The monoisotopic (exact) mass is 401 g/mol. The van der Waals surface area contributed by atoms with Gasteiger partial charge in [0.1, 0.15) is 5.75 Å². The number of aryl methyl sites for hydroxylation is 1. The molecule has 1 aliphatic rings. The summed E-state index contributed by atoms with van der Waals surface area (Å²) in [5.74, 6) is 0.855. The topological polar surface area (TPSA) is 50.3 Å². The van der Waals surface area contributed by atoms with Gasteiger partial charge in [0.2, 0.25) is 5.56 Å². The Morgan fingerprint density at radius 3 is 2.90 bits per heavy atom. The van der Waals surface area contributed by atoms with Crippen molar-refractivity contribution in [3.8, 4) is 5.75 Å². The Bertz CT molecular complexity index is 1250. The maximum absolute atomic E-state index is 11.4. The molecule has 2 aromatic heterocycles. The zero-order valence-electron chi connectivity index (χ0n) is 17.4. The molecule has 0 radical (unpaired) electrons. The zero-order chi connectivity index (χ0) is 20.5. The molecule has 2 aromatic carbocycles. The summed E-state index contributed by atoms with van der Waals surface area (Å²) in [6.45, 7) is 3.98. The first-order chi connectivity index (χ1) is 14.7. The van der Waals surface area contributed by atoms with Crippen LogP contribution in [0.4, 0.5) is 0 Å². The van der Waals surface area contributed by atoms with Crippen molar-refractivity contribution < 1.29 is 4.74 Å². The number of aromatic nitrogens is 2. The second kappa shape index (κ2) is 8.00. The van der Waals surface area contributed by atoms with E-state index in [4.69, 9.17) is 4.74 Å². The maximum Gasteiger partial charge on any atom is 0.248 e. The molecule has 0 atom stereocenters. The van der Waals surface area contributed by atoms with Crippen LogP contribution in [-0.2, 0) is 20.0 Å². The van der Waals surface area contributed by atoms with E-state index in [0.29, 0.717) is 6.61 Å². The van der Waals surface area contributed by atoms with Crippen LogP contribution in [0.1, 0.15) is 24.1 Å². The SMILES string of the molecule is Cn1c2c(c3ccccc31)CN(CCCCOc1ccc3[nH]c(=O)ccc3c1)CC2. The van der Waals surface area contributed by atoms with Crippen LogP contribution in [0.2, 0.25) is 0 Å². The first-order valence-corrected chi connectivity index (χ1v) is 10.7. The number of nitrogens with one attached hydrogen (secondary N) is 1. The maximum atomic E-state index is 11.4. The fraction of sp³-hybridized carbons (Fsp3) is 0.320. The van der Waals surface area contributed by atoms with Gasteiger partial charge in [-0.25, -0.2) is 0 Å². The lowest BCUT2D eigenvalue weighted by Crippen LogP contribution is -2.31. The summed E-state index contributed by atoms with van der Waals surface area (Å²) >= 11 is 0. The number of benzene rings is 2. The van der Waals surface area contributed by atoms with Crippen molar-refractivity contribution in [3.05, 3.63) is 76.2 Å². The largest absolute Gasteiger partial charge is 0.494 e. The number of unbranched alkanes of at least 4 members (excludes halogenated alkanes) is 1. The van der Waals surface area contributed by atoms with Crippen molar-refractivity contribution in [2.45, 2.75) is 25.8 Å². The molecule has 5 heteroatoms. The summed E-state index contributed by atoms with van der Waals surface area (Å²) in [5.41, 5.74) is 5.10. The van der Waals surface area contributed by atoms with Gasteiger partial charge in [0, 0.05) is 60.1 Å². The van der Waals surface area contributed by atoms with Gasteiger partial charge in [-0.2, -0.15) is 0 Å². The molecule has 0 aliphatic carbocycles. The number of hydrogen-bond donors (Lipinski definition) is 1. The molecule has 3 heterocycles. The molecule has 5 rings (SSSR count). The minimum atomic E-state index is -0.0792. The van der Waals surface area contributed by atoms with Crippen LogP contribution in [0.25, 0.3) is 21.8 Å². The van der Waals surface area contributed by atoms with E-state index in [9.17, 15) is 4.79 Å². The van der Waals surface area contributed by atoms with E-state index < -0.39 is 0 Å². The standard InChI is InChI=1S/C25H27N3O2/c1-27-23-7-3-2-6-20(23)21-17-28(14-12-24(21)27)13-4-5-15-30-19-9-10-22-18(16-19)8-11-25(29)26-22/h2-3,6-11,16H,4-5,12-15,17H2,1H3,(H,26,29). The quantitative estimate of drug-likeness (QED) is 0.492. The molecule has 0 fully saturated rings. The second-order valence-corrected chi connectivity index (χ2v) is 8.15. The van der Waals surface area contributed by atoms with Gasteiger partial charge in [-0.1, -0.05) is 18.2 Å². The Morgan fingerprint density at radius 1 is 1.07 bits per heavy atom. The Labute approximate surface area is 175 Å². The molecule has 0 amide bonds. The van der Waals surface area contributed by atoms with Crippen LogP contribution in [0.5, 0.6) is 5.75 Å². The molecule has 0 spiro atoms. The van der Waals surface area contributed by atoms with E-state index in [1.54, 1.807) is 6.07 Å².